The summed E-state index contributed by atoms with van der Waals surface area (Å²) in [5.74, 6) is 0.549. The smallest absolute Gasteiger partial charge is 0.270 e. The van der Waals surface area contributed by atoms with Crippen molar-refractivity contribution >= 4 is 11.9 Å². The number of nitrogens with zero attached hydrogens (tertiary/aromatic N) is 4. The number of carbonyl (C=O) groups is 1. The van der Waals surface area contributed by atoms with E-state index in [0.717, 1.165) is 17.5 Å². The Bertz CT molecular complexity index is 603. The Morgan fingerprint density at radius 2 is 2.00 bits per heavy atom. The highest BCUT2D eigenvalue weighted by Crippen LogP contribution is 2.16. The first-order valence-corrected chi connectivity index (χ1v) is 6.85. The van der Waals surface area contributed by atoms with Crippen LogP contribution in [0.3, 0.4) is 0 Å². The van der Waals surface area contributed by atoms with Crippen molar-refractivity contribution in [3.8, 4) is 5.75 Å². The number of carbonyl (C=O) groups excluding carboxylic acids is 1. The fraction of sp³-hybridized carbons (Fsp3) is 0.429. The van der Waals surface area contributed by atoms with E-state index in [-0.39, 0.29) is 18.5 Å². The van der Waals surface area contributed by atoms with Gasteiger partial charge in [-0.3, -0.25) is 10.1 Å². The summed E-state index contributed by atoms with van der Waals surface area (Å²) in [6.45, 7) is 6.55. The summed E-state index contributed by atoms with van der Waals surface area (Å²) in [7, 11) is 0. The van der Waals surface area contributed by atoms with E-state index in [4.69, 9.17) is 4.74 Å². The molecule has 0 saturated carbocycles. The van der Waals surface area contributed by atoms with E-state index in [0.29, 0.717) is 12.3 Å². The average Bonchev–Trinajstić information content (AvgIpc) is 2.83. The molecular weight excluding hydrogens is 270 g/mol. The molecule has 0 radical (unpaired) electrons. The summed E-state index contributed by atoms with van der Waals surface area (Å²) in [4.78, 5) is 13.2. The normalized spacial score (nSPS) is 10.4. The number of hydrogen-bond acceptors (Lipinski definition) is 5. The quantitative estimate of drug-likeness (QED) is 0.875. The second-order valence-electron chi connectivity index (χ2n) is 4.87. The molecule has 2 aromatic rings. The summed E-state index contributed by atoms with van der Waals surface area (Å²) >= 11 is 0. The Morgan fingerprint density at radius 3 is 2.67 bits per heavy atom. The number of anilines is 1. The van der Waals surface area contributed by atoms with Crippen LogP contribution < -0.4 is 10.1 Å². The van der Waals surface area contributed by atoms with E-state index in [9.17, 15) is 4.79 Å². The molecule has 2 rings (SSSR count). The maximum atomic E-state index is 11.8. The summed E-state index contributed by atoms with van der Waals surface area (Å²) in [6, 6.07) is 5.81. The van der Waals surface area contributed by atoms with Gasteiger partial charge in [0.15, 0.2) is 6.61 Å². The van der Waals surface area contributed by atoms with Crippen LogP contribution in [0.15, 0.2) is 18.2 Å². The first kappa shape index (κ1) is 15.0. The van der Waals surface area contributed by atoms with Gasteiger partial charge in [0, 0.05) is 0 Å². The highest BCUT2D eigenvalue weighted by Gasteiger charge is 2.08. The minimum atomic E-state index is -0.315. The predicted molar refractivity (Wildman–Crippen MR) is 78.1 cm³/mol. The van der Waals surface area contributed by atoms with Gasteiger partial charge < -0.3 is 4.74 Å². The predicted octanol–water partition coefficient (Wildman–Crippen LogP) is 1.72. The lowest BCUT2D eigenvalue weighted by molar-refractivity contribution is -0.118. The average molecular weight is 289 g/mol. The molecule has 1 heterocycles. The summed E-state index contributed by atoms with van der Waals surface area (Å²) in [6.07, 6.45) is 0.902. The standard InChI is InChI=1S/C14H19N5O2/c1-4-5-19-17-14(16-18-19)15-13(20)9-21-12-7-10(2)6-11(3)8-12/h6-8H,4-5,9H2,1-3H3,(H,15,17,20). The Balaban J connectivity index is 1.86. The van der Waals surface area contributed by atoms with E-state index < -0.39 is 0 Å². The number of benzene rings is 1. The van der Waals surface area contributed by atoms with Gasteiger partial charge in [0.05, 0.1) is 6.54 Å². The van der Waals surface area contributed by atoms with Crippen LogP contribution in [0.5, 0.6) is 5.75 Å². The van der Waals surface area contributed by atoms with Gasteiger partial charge in [0.2, 0.25) is 0 Å². The first-order chi connectivity index (χ1) is 10.1. The van der Waals surface area contributed by atoms with Gasteiger partial charge in [-0.25, -0.2) is 0 Å². The highest BCUT2D eigenvalue weighted by atomic mass is 16.5. The van der Waals surface area contributed by atoms with Crippen molar-refractivity contribution in [2.24, 2.45) is 0 Å². The number of aryl methyl sites for hydroxylation is 3. The minimum absolute atomic E-state index is 0.0921. The molecule has 21 heavy (non-hydrogen) atoms. The van der Waals surface area contributed by atoms with Gasteiger partial charge in [0.1, 0.15) is 5.75 Å². The van der Waals surface area contributed by atoms with Crippen LogP contribution >= 0.6 is 0 Å². The molecule has 1 N–H and O–H groups in total. The Morgan fingerprint density at radius 1 is 1.29 bits per heavy atom. The van der Waals surface area contributed by atoms with Crippen LogP contribution in [0.1, 0.15) is 24.5 Å². The summed E-state index contributed by atoms with van der Waals surface area (Å²) in [5.41, 5.74) is 2.18. The zero-order valence-corrected chi connectivity index (χ0v) is 12.5. The maximum absolute atomic E-state index is 11.8. The van der Waals surface area contributed by atoms with E-state index in [1.165, 1.54) is 4.80 Å². The second kappa shape index (κ2) is 6.83. The Kier molecular flexibility index (Phi) is 4.86. The van der Waals surface area contributed by atoms with E-state index in [2.05, 4.69) is 20.7 Å². The number of ether oxygens (including phenoxy) is 1. The SMILES string of the molecule is CCCn1nnc(NC(=O)COc2cc(C)cc(C)c2)n1. The van der Waals surface area contributed by atoms with Gasteiger partial charge in [0.25, 0.3) is 11.9 Å². The van der Waals surface area contributed by atoms with E-state index >= 15 is 0 Å². The van der Waals surface area contributed by atoms with Crippen molar-refractivity contribution in [3.05, 3.63) is 29.3 Å². The number of rotatable bonds is 6. The highest BCUT2D eigenvalue weighted by molar-refractivity contribution is 5.90. The van der Waals surface area contributed by atoms with Crippen molar-refractivity contribution in [2.45, 2.75) is 33.7 Å². The molecule has 1 aromatic heterocycles. The van der Waals surface area contributed by atoms with Gasteiger partial charge in [-0.2, -0.15) is 4.80 Å². The lowest BCUT2D eigenvalue weighted by Crippen LogP contribution is -2.21. The van der Waals surface area contributed by atoms with Crippen molar-refractivity contribution in [3.63, 3.8) is 0 Å². The fourth-order valence-corrected chi connectivity index (χ4v) is 1.91. The maximum Gasteiger partial charge on any atom is 0.270 e. The van der Waals surface area contributed by atoms with Crippen molar-refractivity contribution in [2.75, 3.05) is 11.9 Å². The molecule has 0 unspecified atom stereocenters. The van der Waals surface area contributed by atoms with Crippen LogP contribution in [-0.2, 0) is 11.3 Å². The van der Waals surface area contributed by atoms with Crippen LogP contribution in [0.2, 0.25) is 0 Å². The molecule has 0 aliphatic carbocycles. The summed E-state index contributed by atoms with van der Waals surface area (Å²) in [5, 5.41) is 14.2. The van der Waals surface area contributed by atoms with Gasteiger partial charge in [-0.15, -0.1) is 5.10 Å². The third-order valence-corrected chi connectivity index (χ3v) is 2.69. The molecule has 0 fully saturated rings. The van der Waals surface area contributed by atoms with Gasteiger partial charge in [-0.1, -0.05) is 18.1 Å². The topological polar surface area (TPSA) is 81.9 Å². The molecule has 0 bridgehead atoms. The number of hydrogen-bond donors (Lipinski definition) is 1. The van der Waals surface area contributed by atoms with Gasteiger partial charge in [-0.05, 0) is 48.7 Å². The Labute approximate surface area is 123 Å². The molecule has 0 aliphatic heterocycles. The van der Waals surface area contributed by atoms with Gasteiger partial charge >= 0.3 is 0 Å². The largest absolute Gasteiger partial charge is 0.484 e. The van der Waals surface area contributed by atoms with Crippen molar-refractivity contribution in [1.29, 1.82) is 0 Å². The second-order valence-corrected chi connectivity index (χ2v) is 4.87. The minimum Gasteiger partial charge on any atom is -0.484 e. The van der Waals surface area contributed by atoms with Crippen LogP contribution in [0, 0.1) is 13.8 Å². The molecule has 1 aromatic carbocycles. The number of aromatic nitrogens is 4. The van der Waals surface area contributed by atoms with E-state index in [1.807, 2.05) is 39.0 Å². The lowest BCUT2D eigenvalue weighted by Gasteiger charge is -2.07. The molecule has 7 nitrogen and oxygen atoms in total. The molecule has 112 valence electrons. The first-order valence-electron chi connectivity index (χ1n) is 6.85. The van der Waals surface area contributed by atoms with Crippen LogP contribution in [0.4, 0.5) is 5.95 Å². The molecule has 7 heteroatoms. The van der Waals surface area contributed by atoms with Crippen molar-refractivity contribution < 1.29 is 9.53 Å². The Hall–Kier alpha value is -2.44. The zero-order chi connectivity index (χ0) is 15.2. The van der Waals surface area contributed by atoms with Crippen molar-refractivity contribution in [1.82, 2.24) is 20.2 Å². The van der Waals surface area contributed by atoms with E-state index in [1.54, 1.807) is 0 Å². The number of nitrogens with one attached hydrogen (secondary N) is 1. The molecule has 0 aliphatic rings. The number of amides is 1. The van der Waals surface area contributed by atoms with Crippen LogP contribution in [0.25, 0.3) is 0 Å². The monoisotopic (exact) mass is 289 g/mol. The molecule has 1 amide bonds. The molecular formula is C14H19N5O2. The zero-order valence-electron chi connectivity index (χ0n) is 12.5. The van der Waals surface area contributed by atoms with Crippen LogP contribution in [-0.4, -0.2) is 32.7 Å². The third kappa shape index (κ3) is 4.55. The molecule has 0 atom stereocenters. The third-order valence-electron chi connectivity index (χ3n) is 2.69. The number of tetrazole rings is 1. The molecule has 0 spiro atoms. The summed E-state index contributed by atoms with van der Waals surface area (Å²) < 4.78 is 5.46. The lowest BCUT2D eigenvalue weighted by atomic mass is 10.1. The molecule has 0 saturated heterocycles. The fourth-order valence-electron chi connectivity index (χ4n) is 1.91.